The van der Waals surface area contributed by atoms with E-state index in [9.17, 15) is 5.16 Å². The summed E-state index contributed by atoms with van der Waals surface area (Å²) in [5.41, 5.74) is 0. The summed E-state index contributed by atoms with van der Waals surface area (Å²) in [6, 6.07) is 20.6. The Morgan fingerprint density at radius 1 is 0.571 bits per heavy atom. The highest BCUT2D eigenvalue weighted by atomic mass is 31.2. The van der Waals surface area contributed by atoms with Crippen molar-refractivity contribution in [2.75, 3.05) is 0 Å². The molecule has 0 amide bonds. The largest absolute Gasteiger partial charge is 0.289 e. The zero-order valence-corrected chi connectivity index (χ0v) is 20.9. The monoisotopic (exact) mass is 416 g/mol. The third-order valence-electron chi connectivity index (χ3n) is 5.44. The van der Waals surface area contributed by atoms with Gasteiger partial charge < -0.3 is 0 Å². The van der Waals surface area contributed by atoms with Gasteiger partial charge in [0.05, 0.1) is 0 Å². The third-order valence-corrected chi connectivity index (χ3v) is 15.5. The van der Waals surface area contributed by atoms with Crippen molar-refractivity contribution in [3.63, 3.8) is 0 Å². The van der Waals surface area contributed by atoms with E-state index in [0.29, 0.717) is 0 Å². The first kappa shape index (κ1) is 23.2. The fourth-order valence-corrected chi connectivity index (χ4v) is 18.4. The zero-order valence-electron chi connectivity index (χ0n) is 19.1. The molecule has 28 heavy (non-hydrogen) atoms. The molecule has 0 spiro atoms. The van der Waals surface area contributed by atoms with Crippen LogP contribution in [0.15, 0.2) is 65.2 Å². The van der Waals surface area contributed by atoms with E-state index in [4.69, 9.17) is 4.52 Å². The Morgan fingerprint density at radius 3 is 1.11 bits per heavy atom. The van der Waals surface area contributed by atoms with Gasteiger partial charge in [0.1, 0.15) is 7.21 Å². The SMILES string of the molecule is CC(C)(C)P(=NP(=N)(c1ccccc1)c1ccccc1)(C(C)(C)C)C(C)(C)C. The molecule has 0 saturated carbocycles. The highest BCUT2D eigenvalue weighted by Crippen LogP contribution is 2.80. The van der Waals surface area contributed by atoms with Crippen LogP contribution in [0.1, 0.15) is 62.3 Å². The maximum Gasteiger partial charge on any atom is 0.126 e. The molecule has 154 valence electrons. The van der Waals surface area contributed by atoms with Crippen molar-refractivity contribution in [3.8, 4) is 0 Å². The first-order chi connectivity index (χ1) is 12.7. The summed E-state index contributed by atoms with van der Waals surface area (Å²) in [6.45, 7) is 21.0. The van der Waals surface area contributed by atoms with Crippen LogP contribution in [0.4, 0.5) is 0 Å². The molecular weight excluding hydrogens is 378 g/mol. The molecule has 0 heterocycles. The Balaban J connectivity index is 3.08. The maximum absolute atomic E-state index is 9.87. The van der Waals surface area contributed by atoms with E-state index in [1.54, 1.807) is 0 Å². The fourth-order valence-electron chi connectivity index (χ4n) is 5.16. The number of nitrogens with one attached hydrogen (secondary N) is 1. The van der Waals surface area contributed by atoms with Crippen molar-refractivity contribution in [1.29, 1.82) is 5.16 Å². The lowest BCUT2D eigenvalue weighted by Crippen LogP contribution is -2.39. The molecule has 2 aromatic rings. The summed E-state index contributed by atoms with van der Waals surface area (Å²) >= 11 is 0. The van der Waals surface area contributed by atoms with E-state index in [2.05, 4.69) is 86.6 Å². The Bertz CT molecular complexity index is 807. The molecule has 0 atom stereocenters. The van der Waals surface area contributed by atoms with Gasteiger partial charge in [0.2, 0.25) is 0 Å². The Morgan fingerprint density at radius 2 is 0.857 bits per heavy atom. The van der Waals surface area contributed by atoms with Gasteiger partial charge >= 0.3 is 0 Å². The van der Waals surface area contributed by atoms with Gasteiger partial charge in [0, 0.05) is 10.6 Å². The van der Waals surface area contributed by atoms with E-state index in [1.807, 2.05) is 36.4 Å². The van der Waals surface area contributed by atoms with E-state index < -0.39 is 14.3 Å². The highest BCUT2D eigenvalue weighted by Gasteiger charge is 2.52. The van der Waals surface area contributed by atoms with Crippen LogP contribution in [-0.2, 0) is 0 Å². The minimum Gasteiger partial charge on any atom is -0.289 e. The topological polar surface area (TPSA) is 36.2 Å². The van der Waals surface area contributed by atoms with Crippen molar-refractivity contribution < 1.29 is 0 Å². The van der Waals surface area contributed by atoms with Gasteiger partial charge in [-0.15, -0.1) is 0 Å². The van der Waals surface area contributed by atoms with Crippen molar-refractivity contribution in [1.82, 2.24) is 0 Å². The fraction of sp³-hybridized carbons (Fsp3) is 0.500. The summed E-state index contributed by atoms with van der Waals surface area (Å²) < 4.78 is 5.78. The number of nitrogens with zero attached hydrogens (tertiary/aromatic N) is 1. The number of hydrogen-bond donors (Lipinski definition) is 1. The number of benzene rings is 2. The predicted molar refractivity (Wildman–Crippen MR) is 130 cm³/mol. The highest BCUT2D eigenvalue weighted by molar-refractivity contribution is 7.86. The van der Waals surface area contributed by atoms with Gasteiger partial charge in [-0.3, -0.25) is 9.68 Å². The van der Waals surface area contributed by atoms with Crippen LogP contribution in [-0.4, -0.2) is 15.5 Å². The molecule has 0 aliphatic rings. The van der Waals surface area contributed by atoms with Crippen LogP contribution in [0.2, 0.25) is 0 Å². The van der Waals surface area contributed by atoms with Gasteiger partial charge in [-0.25, -0.2) is 0 Å². The first-order valence-electron chi connectivity index (χ1n) is 10.1. The summed E-state index contributed by atoms with van der Waals surface area (Å²) in [7, 11) is -4.67. The minimum absolute atomic E-state index is 0.000634. The van der Waals surface area contributed by atoms with Crippen molar-refractivity contribution in [2.45, 2.75) is 77.8 Å². The molecule has 0 radical (unpaired) electrons. The van der Waals surface area contributed by atoms with Gasteiger partial charge in [0.25, 0.3) is 0 Å². The second-order valence-corrected chi connectivity index (χ2v) is 18.9. The van der Waals surface area contributed by atoms with Crippen molar-refractivity contribution in [3.05, 3.63) is 60.7 Å². The van der Waals surface area contributed by atoms with E-state index in [-0.39, 0.29) is 15.5 Å². The van der Waals surface area contributed by atoms with Crippen LogP contribution >= 0.6 is 14.3 Å². The smallest absolute Gasteiger partial charge is 0.126 e. The van der Waals surface area contributed by atoms with Crippen LogP contribution in [0.5, 0.6) is 0 Å². The lowest BCUT2D eigenvalue weighted by Gasteiger charge is -2.55. The molecule has 2 aromatic carbocycles. The predicted octanol–water partition coefficient (Wildman–Crippen LogP) is 7.93. The molecule has 0 aromatic heterocycles. The Labute approximate surface area is 173 Å². The Hall–Kier alpha value is -1.10. The van der Waals surface area contributed by atoms with Crippen molar-refractivity contribution in [2.24, 2.45) is 4.52 Å². The standard InChI is InChI=1S/C24H38N2P2/c1-22(2,3)28(23(4,5)6,24(7,8)9)26-27(25,20-16-12-10-13-17-20)21-18-14-11-15-19-21/h10-19,25H,1-9H3. The van der Waals surface area contributed by atoms with E-state index in [0.717, 1.165) is 10.6 Å². The molecule has 0 bridgehead atoms. The first-order valence-corrected chi connectivity index (χ1v) is 13.5. The summed E-state index contributed by atoms with van der Waals surface area (Å²) in [4.78, 5) is 0. The molecule has 0 saturated heterocycles. The molecule has 1 N–H and O–H groups in total. The van der Waals surface area contributed by atoms with Gasteiger partial charge in [-0.05, 0) is 22.5 Å². The van der Waals surface area contributed by atoms with E-state index >= 15 is 0 Å². The van der Waals surface area contributed by atoms with Gasteiger partial charge in [-0.2, -0.15) is 0 Å². The normalized spacial score (nSPS) is 14.0. The molecular formula is C24H38N2P2. The average Bonchev–Trinajstić information content (AvgIpc) is 2.57. The Kier molecular flexibility index (Phi) is 6.31. The van der Waals surface area contributed by atoms with E-state index in [1.165, 1.54) is 0 Å². The molecule has 2 nitrogen and oxygen atoms in total. The van der Waals surface area contributed by atoms with Gasteiger partial charge in [-0.1, -0.05) is 123 Å². The second-order valence-electron chi connectivity index (χ2n) is 10.5. The molecule has 0 fully saturated rings. The molecule has 0 unspecified atom stereocenters. The third kappa shape index (κ3) is 3.96. The quantitative estimate of drug-likeness (QED) is 0.493. The lowest BCUT2D eigenvalue weighted by molar-refractivity contribution is 0.631. The minimum atomic E-state index is -2.66. The van der Waals surface area contributed by atoms with Gasteiger partial charge in [0.15, 0.2) is 0 Å². The van der Waals surface area contributed by atoms with Crippen LogP contribution < -0.4 is 10.6 Å². The molecule has 2 rings (SSSR count). The molecule has 4 heteroatoms. The van der Waals surface area contributed by atoms with Crippen LogP contribution in [0.3, 0.4) is 0 Å². The number of rotatable bonds is 3. The van der Waals surface area contributed by atoms with Crippen molar-refractivity contribution >= 4 is 24.9 Å². The maximum atomic E-state index is 9.87. The lowest BCUT2D eigenvalue weighted by atomic mass is 10.2. The summed E-state index contributed by atoms with van der Waals surface area (Å²) in [6.07, 6.45) is 0. The summed E-state index contributed by atoms with van der Waals surface area (Å²) in [5.74, 6) is 0. The second kappa shape index (κ2) is 7.62. The molecule has 0 aliphatic carbocycles. The summed E-state index contributed by atoms with van der Waals surface area (Å²) in [5, 5.41) is 12.0. The molecule has 0 aliphatic heterocycles. The number of hydrogen-bond acceptors (Lipinski definition) is 1. The van der Waals surface area contributed by atoms with Crippen LogP contribution in [0, 0.1) is 5.16 Å². The van der Waals surface area contributed by atoms with Crippen LogP contribution in [0.25, 0.3) is 0 Å². The average molecular weight is 417 g/mol. The zero-order chi connectivity index (χ0) is 21.4.